The van der Waals surface area contributed by atoms with Crippen molar-refractivity contribution in [1.29, 1.82) is 0 Å². The molecule has 0 saturated carbocycles. The van der Waals surface area contributed by atoms with Crippen molar-refractivity contribution in [1.82, 2.24) is 0 Å². The van der Waals surface area contributed by atoms with Crippen molar-refractivity contribution in [3.05, 3.63) is 11.1 Å². The lowest BCUT2D eigenvalue weighted by Crippen LogP contribution is -2.41. The summed E-state index contributed by atoms with van der Waals surface area (Å²) in [4.78, 5) is 0. The van der Waals surface area contributed by atoms with Crippen LogP contribution < -0.4 is 0 Å². The third-order valence-electron chi connectivity index (χ3n) is 3.19. The summed E-state index contributed by atoms with van der Waals surface area (Å²) in [5.41, 5.74) is 2.47. The first-order valence-electron chi connectivity index (χ1n) is 5.50. The van der Waals surface area contributed by atoms with Crippen LogP contribution in [0.1, 0.15) is 63.3 Å². The lowest BCUT2D eigenvalue weighted by atomic mass is 9.90. The van der Waals surface area contributed by atoms with Crippen LogP contribution in [0.2, 0.25) is 0 Å². The normalized spacial score (nSPS) is 18.2. The molecule has 0 N–H and O–H groups in total. The summed E-state index contributed by atoms with van der Waals surface area (Å²) >= 11 is 3.36. The van der Waals surface area contributed by atoms with Gasteiger partial charge in [0.1, 0.15) is 0 Å². The van der Waals surface area contributed by atoms with Gasteiger partial charge in [0.25, 0.3) is 0 Å². The van der Waals surface area contributed by atoms with E-state index in [0.29, 0.717) is 0 Å². The van der Waals surface area contributed by atoms with Gasteiger partial charge in [-0.05, 0) is 48.5 Å². The lowest BCUT2D eigenvalue weighted by molar-refractivity contribution is 0.00578. The minimum Gasteiger partial charge on any atom is -0.405 e. The van der Waals surface area contributed by atoms with E-state index < -0.39 is 0 Å². The van der Waals surface area contributed by atoms with Crippen molar-refractivity contribution in [2.75, 3.05) is 5.33 Å². The van der Waals surface area contributed by atoms with Crippen LogP contribution in [0.4, 0.5) is 0 Å². The van der Waals surface area contributed by atoms with Gasteiger partial charge in [-0.1, -0.05) is 41.9 Å². The van der Waals surface area contributed by atoms with Gasteiger partial charge in [0.05, 0.1) is 11.2 Å². The van der Waals surface area contributed by atoms with Crippen LogP contribution in [0.3, 0.4) is 0 Å². The molecule has 0 aromatic rings. The molecule has 0 aliphatic carbocycles. The van der Waals surface area contributed by atoms with Gasteiger partial charge in [-0.15, -0.1) is 0 Å². The fourth-order valence-electron chi connectivity index (χ4n) is 0.682. The molecule has 0 aromatic carbocycles. The molecule has 109 valence electrons. The number of alkyl halides is 1. The first-order valence-corrected chi connectivity index (χ1v) is 6.62. The third-order valence-corrected chi connectivity index (χ3v) is 4.03. The molecule has 0 bridgehead atoms. The Bertz CT molecular complexity index is 243. The Balaban J connectivity index is -0.000000232. The van der Waals surface area contributed by atoms with Crippen LogP contribution in [0.25, 0.3) is 0 Å². The Morgan fingerprint density at radius 2 is 1.28 bits per heavy atom. The van der Waals surface area contributed by atoms with Gasteiger partial charge in [-0.25, -0.2) is 0 Å². The third kappa shape index (κ3) is 6.96. The predicted molar refractivity (Wildman–Crippen MR) is 87.4 cm³/mol. The van der Waals surface area contributed by atoms with Gasteiger partial charge >= 0.3 is 7.69 Å². The molecule has 0 spiro atoms. The molecule has 1 rings (SSSR count). The maximum atomic E-state index is 5.21. The molecule has 1 fully saturated rings. The minimum absolute atomic E-state index is 0. The Morgan fingerprint density at radius 3 is 1.33 bits per heavy atom. The molecular formula is C14H31BBrO2. The van der Waals surface area contributed by atoms with Crippen molar-refractivity contribution in [3.8, 4) is 0 Å². The maximum Gasteiger partial charge on any atom is 0.488 e. The van der Waals surface area contributed by atoms with Crippen molar-refractivity contribution in [2.24, 2.45) is 0 Å². The van der Waals surface area contributed by atoms with E-state index >= 15 is 0 Å². The van der Waals surface area contributed by atoms with Crippen LogP contribution in [0.5, 0.6) is 0 Å². The first-order chi connectivity index (χ1) is 7.14. The molecule has 1 heterocycles. The summed E-state index contributed by atoms with van der Waals surface area (Å²) in [6.07, 6.45) is 0. The molecule has 2 nitrogen and oxygen atoms in total. The molecule has 1 aliphatic rings. The zero-order valence-corrected chi connectivity index (χ0v) is 13.1. The van der Waals surface area contributed by atoms with Gasteiger partial charge in [0.15, 0.2) is 0 Å². The van der Waals surface area contributed by atoms with Gasteiger partial charge in [-0.3, -0.25) is 0 Å². The monoisotopic (exact) mass is 321 g/mol. The maximum absolute atomic E-state index is 5.21. The zero-order valence-electron chi connectivity index (χ0n) is 11.5. The van der Waals surface area contributed by atoms with E-state index in [0.717, 1.165) is 5.33 Å². The van der Waals surface area contributed by atoms with Crippen molar-refractivity contribution in [2.45, 2.75) is 74.5 Å². The van der Waals surface area contributed by atoms with E-state index in [2.05, 4.69) is 36.7 Å². The number of allylic oxidation sites excluding steroid dienone is 2. The fraction of sp³-hybridized carbons (Fsp3) is 0.857. The van der Waals surface area contributed by atoms with Crippen LogP contribution >= 0.6 is 15.9 Å². The van der Waals surface area contributed by atoms with Crippen LogP contribution in [0, 0.1) is 0 Å². The van der Waals surface area contributed by atoms with E-state index in [1.165, 1.54) is 18.8 Å². The Labute approximate surface area is 124 Å². The molecule has 0 unspecified atom stereocenters. The number of halogens is 1. The van der Waals surface area contributed by atoms with Gasteiger partial charge in [0.2, 0.25) is 0 Å². The molecule has 0 amide bonds. The summed E-state index contributed by atoms with van der Waals surface area (Å²) in [7, 11) is 1.42. The summed E-state index contributed by atoms with van der Waals surface area (Å²) in [6, 6.07) is 0. The number of hydrogen-bond acceptors (Lipinski definition) is 2. The highest BCUT2D eigenvalue weighted by molar-refractivity contribution is 9.09. The smallest absolute Gasteiger partial charge is 0.405 e. The molecule has 1 aliphatic heterocycles. The highest BCUT2D eigenvalue weighted by Crippen LogP contribution is 2.33. The zero-order chi connectivity index (χ0) is 13.0. The SMILES string of the molecule is C.C.CC(C)=C(C)CBr.CC1(C)O[B]OC1(C)C. The molecular weight excluding hydrogens is 291 g/mol. The first kappa shape index (κ1) is 23.3. The fourth-order valence-corrected chi connectivity index (χ4v) is 1.24. The Hall–Kier alpha value is 0.205. The van der Waals surface area contributed by atoms with E-state index in [1.54, 1.807) is 0 Å². The number of rotatable bonds is 1. The highest BCUT2D eigenvalue weighted by Gasteiger charge is 2.44. The van der Waals surface area contributed by atoms with Crippen LogP contribution in [-0.2, 0) is 9.31 Å². The Kier molecular flexibility index (Phi) is 11.9. The molecule has 18 heavy (non-hydrogen) atoms. The predicted octanol–water partition coefficient (Wildman–Crippen LogP) is 5.13. The van der Waals surface area contributed by atoms with E-state index in [-0.39, 0.29) is 26.1 Å². The lowest BCUT2D eigenvalue weighted by Gasteiger charge is -2.32. The highest BCUT2D eigenvalue weighted by atomic mass is 79.9. The second kappa shape index (κ2) is 9.16. The molecule has 4 heteroatoms. The topological polar surface area (TPSA) is 18.5 Å². The van der Waals surface area contributed by atoms with Gasteiger partial charge < -0.3 is 9.31 Å². The van der Waals surface area contributed by atoms with E-state index in [1.807, 2.05) is 27.7 Å². The molecule has 1 radical (unpaired) electrons. The molecule has 0 atom stereocenters. The minimum atomic E-state index is -0.188. The molecule has 0 aromatic heterocycles. The summed E-state index contributed by atoms with van der Waals surface area (Å²) in [5, 5.41) is 1.01. The van der Waals surface area contributed by atoms with Crippen molar-refractivity contribution in [3.63, 3.8) is 0 Å². The van der Waals surface area contributed by atoms with Crippen LogP contribution in [-0.4, -0.2) is 24.2 Å². The second-order valence-electron chi connectivity index (χ2n) is 5.27. The van der Waals surface area contributed by atoms with Crippen molar-refractivity contribution < 1.29 is 9.31 Å². The number of hydrogen-bond donors (Lipinski definition) is 0. The second-order valence-corrected chi connectivity index (χ2v) is 5.83. The quantitative estimate of drug-likeness (QED) is 0.378. The largest absolute Gasteiger partial charge is 0.488 e. The van der Waals surface area contributed by atoms with Crippen molar-refractivity contribution >= 4 is 23.6 Å². The van der Waals surface area contributed by atoms with Gasteiger partial charge in [0, 0.05) is 5.33 Å². The van der Waals surface area contributed by atoms with E-state index in [9.17, 15) is 0 Å². The average molecular weight is 322 g/mol. The summed E-state index contributed by atoms with van der Waals surface area (Å²) in [6.45, 7) is 14.4. The van der Waals surface area contributed by atoms with E-state index in [4.69, 9.17) is 9.31 Å². The standard InChI is InChI=1S/C6H12BO2.C6H11Br.2CH4/c1-5(2)6(3,4)9-7-8-5;1-5(2)6(3)4-7;;/h1-4H3;4H2,1-3H3;2*1H4. The summed E-state index contributed by atoms with van der Waals surface area (Å²) < 4.78 is 10.4. The Morgan fingerprint density at radius 1 is 0.944 bits per heavy atom. The average Bonchev–Trinajstić information content (AvgIpc) is 2.39. The molecule has 1 saturated heterocycles. The van der Waals surface area contributed by atoms with Crippen LogP contribution in [0.15, 0.2) is 11.1 Å². The van der Waals surface area contributed by atoms with Gasteiger partial charge in [-0.2, -0.15) is 0 Å². The summed E-state index contributed by atoms with van der Waals surface area (Å²) in [5.74, 6) is 0.